The summed E-state index contributed by atoms with van der Waals surface area (Å²) < 4.78 is 22.7. The van der Waals surface area contributed by atoms with Gasteiger partial charge < -0.3 is 0 Å². The summed E-state index contributed by atoms with van der Waals surface area (Å²) in [6, 6.07) is 9.51. The summed E-state index contributed by atoms with van der Waals surface area (Å²) in [5.41, 5.74) is 0.960. The largest absolute Gasteiger partial charge is 0.299 e. The van der Waals surface area contributed by atoms with E-state index in [0.717, 1.165) is 5.56 Å². The standard InChI is InChI=1S/C13H16O3S/c1-10(11-5-3-2-4-6-11)13(14)12-7-8-17(15,16)9-12/h2-6,10,12H,7-9H2,1H3. The number of sulfone groups is 1. The summed E-state index contributed by atoms with van der Waals surface area (Å²) in [5.74, 6) is -0.282. The van der Waals surface area contributed by atoms with E-state index in [2.05, 4.69) is 0 Å². The zero-order valence-corrected chi connectivity index (χ0v) is 10.6. The summed E-state index contributed by atoms with van der Waals surface area (Å²) in [4.78, 5) is 12.2. The van der Waals surface area contributed by atoms with E-state index in [0.29, 0.717) is 6.42 Å². The molecule has 1 aromatic rings. The lowest BCUT2D eigenvalue weighted by Gasteiger charge is -2.14. The quantitative estimate of drug-likeness (QED) is 0.824. The Bertz CT molecular complexity index is 505. The van der Waals surface area contributed by atoms with Crippen LogP contribution < -0.4 is 0 Å². The Morgan fingerprint density at radius 2 is 1.94 bits per heavy atom. The van der Waals surface area contributed by atoms with Crippen LogP contribution in [0.15, 0.2) is 30.3 Å². The number of carbonyl (C=O) groups excluding carboxylic acids is 1. The SMILES string of the molecule is CC(C(=O)C1CCS(=O)(=O)C1)c1ccccc1. The number of hydrogen-bond acceptors (Lipinski definition) is 3. The van der Waals surface area contributed by atoms with Gasteiger partial charge in [-0.25, -0.2) is 8.42 Å². The Kier molecular flexibility index (Phi) is 3.33. The molecule has 4 heteroatoms. The zero-order valence-electron chi connectivity index (χ0n) is 9.80. The molecule has 0 spiro atoms. The molecule has 3 nitrogen and oxygen atoms in total. The lowest BCUT2D eigenvalue weighted by atomic mass is 9.88. The molecule has 1 saturated heterocycles. The summed E-state index contributed by atoms with van der Waals surface area (Å²) in [5, 5.41) is 0. The van der Waals surface area contributed by atoms with Gasteiger partial charge in [0.2, 0.25) is 0 Å². The first kappa shape index (κ1) is 12.3. The molecule has 92 valence electrons. The Morgan fingerprint density at radius 1 is 1.29 bits per heavy atom. The van der Waals surface area contributed by atoms with Gasteiger partial charge in [-0.05, 0) is 12.0 Å². The van der Waals surface area contributed by atoms with Crippen molar-refractivity contribution in [2.45, 2.75) is 19.3 Å². The van der Waals surface area contributed by atoms with Crippen molar-refractivity contribution in [2.24, 2.45) is 5.92 Å². The monoisotopic (exact) mass is 252 g/mol. The highest BCUT2D eigenvalue weighted by molar-refractivity contribution is 7.91. The fourth-order valence-corrected chi connectivity index (χ4v) is 4.03. The summed E-state index contributed by atoms with van der Waals surface area (Å²) in [6.45, 7) is 1.85. The molecular weight excluding hydrogens is 236 g/mol. The van der Waals surface area contributed by atoms with Crippen molar-refractivity contribution >= 4 is 15.6 Å². The molecule has 2 atom stereocenters. The third kappa shape index (κ3) is 2.75. The van der Waals surface area contributed by atoms with Gasteiger partial charge >= 0.3 is 0 Å². The Morgan fingerprint density at radius 3 is 2.47 bits per heavy atom. The smallest absolute Gasteiger partial charge is 0.151 e. The zero-order chi connectivity index (χ0) is 12.5. The second-order valence-corrected chi connectivity index (χ2v) is 6.86. The van der Waals surface area contributed by atoms with Crippen LogP contribution >= 0.6 is 0 Å². The van der Waals surface area contributed by atoms with E-state index in [1.165, 1.54) is 0 Å². The molecule has 0 saturated carbocycles. The van der Waals surface area contributed by atoms with Crippen LogP contribution in [0, 0.1) is 5.92 Å². The van der Waals surface area contributed by atoms with Crippen molar-refractivity contribution in [3.8, 4) is 0 Å². The summed E-state index contributed by atoms with van der Waals surface area (Å²) in [6.07, 6.45) is 0.484. The molecule has 0 aromatic heterocycles. The Hall–Kier alpha value is -1.16. The Labute approximate surface area is 102 Å². The van der Waals surface area contributed by atoms with Crippen molar-refractivity contribution in [3.63, 3.8) is 0 Å². The van der Waals surface area contributed by atoms with Crippen LogP contribution in [-0.4, -0.2) is 25.7 Å². The topological polar surface area (TPSA) is 51.2 Å². The van der Waals surface area contributed by atoms with Gasteiger partial charge in [-0.2, -0.15) is 0 Å². The molecule has 1 fully saturated rings. The van der Waals surface area contributed by atoms with E-state index in [-0.39, 0.29) is 29.1 Å². The van der Waals surface area contributed by atoms with Crippen LogP contribution in [0.3, 0.4) is 0 Å². The minimum absolute atomic E-state index is 0.0308. The van der Waals surface area contributed by atoms with E-state index in [1.807, 2.05) is 37.3 Å². The van der Waals surface area contributed by atoms with Gasteiger partial charge in [0.05, 0.1) is 11.5 Å². The summed E-state index contributed by atoms with van der Waals surface area (Å²) >= 11 is 0. The average molecular weight is 252 g/mol. The van der Waals surface area contributed by atoms with E-state index >= 15 is 0 Å². The van der Waals surface area contributed by atoms with Crippen molar-refractivity contribution in [1.82, 2.24) is 0 Å². The summed E-state index contributed by atoms with van der Waals surface area (Å²) in [7, 11) is -2.98. The third-order valence-electron chi connectivity index (χ3n) is 3.36. The molecule has 1 aromatic carbocycles. The first-order valence-electron chi connectivity index (χ1n) is 5.79. The fourth-order valence-electron chi connectivity index (χ4n) is 2.28. The number of benzene rings is 1. The molecule has 0 radical (unpaired) electrons. The molecule has 2 unspecified atom stereocenters. The molecule has 1 aliphatic heterocycles. The maximum Gasteiger partial charge on any atom is 0.151 e. The van der Waals surface area contributed by atoms with E-state index in [9.17, 15) is 13.2 Å². The highest BCUT2D eigenvalue weighted by Gasteiger charge is 2.35. The van der Waals surface area contributed by atoms with Crippen molar-refractivity contribution in [1.29, 1.82) is 0 Å². The van der Waals surface area contributed by atoms with Gasteiger partial charge in [0.1, 0.15) is 5.78 Å². The van der Waals surface area contributed by atoms with Crippen LogP contribution in [-0.2, 0) is 14.6 Å². The first-order valence-corrected chi connectivity index (χ1v) is 7.61. The van der Waals surface area contributed by atoms with Gasteiger partial charge in [0.25, 0.3) is 0 Å². The number of ketones is 1. The van der Waals surface area contributed by atoms with Gasteiger partial charge in [0, 0.05) is 11.8 Å². The molecule has 2 rings (SSSR count). The molecule has 0 amide bonds. The third-order valence-corrected chi connectivity index (χ3v) is 5.13. The maximum atomic E-state index is 12.2. The van der Waals surface area contributed by atoms with Crippen molar-refractivity contribution < 1.29 is 13.2 Å². The molecule has 1 aliphatic rings. The molecule has 0 N–H and O–H groups in total. The molecule has 17 heavy (non-hydrogen) atoms. The lowest BCUT2D eigenvalue weighted by Crippen LogP contribution is -2.21. The number of carbonyl (C=O) groups is 1. The lowest BCUT2D eigenvalue weighted by molar-refractivity contribution is -0.123. The van der Waals surface area contributed by atoms with Gasteiger partial charge in [-0.15, -0.1) is 0 Å². The highest BCUT2D eigenvalue weighted by atomic mass is 32.2. The fraction of sp³-hybridized carbons (Fsp3) is 0.462. The minimum Gasteiger partial charge on any atom is -0.299 e. The second kappa shape index (κ2) is 4.61. The minimum atomic E-state index is -2.98. The molecule has 1 heterocycles. The van der Waals surface area contributed by atoms with E-state index in [4.69, 9.17) is 0 Å². The van der Waals surface area contributed by atoms with Crippen molar-refractivity contribution in [3.05, 3.63) is 35.9 Å². The maximum absolute atomic E-state index is 12.2. The normalized spacial score (nSPS) is 24.4. The van der Waals surface area contributed by atoms with Crippen LogP contribution in [0.2, 0.25) is 0 Å². The number of rotatable bonds is 3. The van der Waals surface area contributed by atoms with Crippen LogP contribution in [0.4, 0.5) is 0 Å². The van der Waals surface area contributed by atoms with Gasteiger partial charge in [-0.1, -0.05) is 37.3 Å². The molecule has 0 bridgehead atoms. The van der Waals surface area contributed by atoms with Crippen LogP contribution in [0.1, 0.15) is 24.8 Å². The van der Waals surface area contributed by atoms with E-state index in [1.54, 1.807) is 0 Å². The van der Waals surface area contributed by atoms with Crippen molar-refractivity contribution in [2.75, 3.05) is 11.5 Å². The molecular formula is C13H16O3S. The first-order chi connectivity index (χ1) is 7.99. The van der Waals surface area contributed by atoms with Gasteiger partial charge in [-0.3, -0.25) is 4.79 Å². The predicted molar refractivity (Wildman–Crippen MR) is 66.6 cm³/mol. The number of hydrogen-bond donors (Lipinski definition) is 0. The van der Waals surface area contributed by atoms with E-state index < -0.39 is 9.84 Å². The average Bonchev–Trinajstić information content (AvgIpc) is 2.69. The predicted octanol–water partition coefficient (Wildman–Crippen LogP) is 1.79. The molecule has 0 aliphatic carbocycles. The van der Waals surface area contributed by atoms with Gasteiger partial charge in [0.15, 0.2) is 9.84 Å². The number of Topliss-reactive ketones (excluding diaryl/α,β-unsaturated/α-hetero) is 1. The highest BCUT2D eigenvalue weighted by Crippen LogP contribution is 2.26. The van der Waals surface area contributed by atoms with Crippen LogP contribution in [0.25, 0.3) is 0 Å². The second-order valence-electron chi connectivity index (χ2n) is 4.63. The Balaban J connectivity index is 2.12. The van der Waals surface area contributed by atoms with Crippen LogP contribution in [0.5, 0.6) is 0 Å².